The van der Waals surface area contributed by atoms with Crippen molar-refractivity contribution < 1.29 is 19.1 Å². The third kappa shape index (κ3) is 6.72. The molecule has 0 saturated heterocycles. The van der Waals surface area contributed by atoms with E-state index in [9.17, 15) is 9.59 Å². The van der Waals surface area contributed by atoms with E-state index < -0.39 is 12.0 Å². The average molecular weight is 321 g/mol. The minimum absolute atomic E-state index is 0.160. The van der Waals surface area contributed by atoms with Crippen molar-refractivity contribution in [3.05, 3.63) is 29.8 Å². The van der Waals surface area contributed by atoms with Crippen LogP contribution >= 0.6 is 0 Å². The Kier molecular flexibility index (Phi) is 8.16. The third-order valence-corrected chi connectivity index (χ3v) is 3.42. The molecule has 0 radical (unpaired) electrons. The Morgan fingerprint density at radius 1 is 1.22 bits per heavy atom. The molecule has 23 heavy (non-hydrogen) atoms. The Hall–Kier alpha value is -2.04. The molecule has 1 unspecified atom stereocenters. The van der Waals surface area contributed by atoms with Crippen LogP contribution in [0.2, 0.25) is 0 Å². The molecule has 0 bridgehead atoms. The number of esters is 1. The summed E-state index contributed by atoms with van der Waals surface area (Å²) in [7, 11) is 1.33. The Labute approximate surface area is 138 Å². The molecule has 1 rings (SSSR count). The monoisotopic (exact) mass is 321 g/mol. The number of amides is 1. The van der Waals surface area contributed by atoms with E-state index in [2.05, 4.69) is 5.32 Å². The molecule has 0 aromatic heterocycles. The number of para-hydroxylation sites is 1. The quantitative estimate of drug-likeness (QED) is 0.710. The van der Waals surface area contributed by atoms with Gasteiger partial charge in [-0.1, -0.05) is 32.0 Å². The molecule has 128 valence electrons. The smallest absolute Gasteiger partial charge is 0.328 e. The number of benzene rings is 1. The number of rotatable bonds is 9. The maximum atomic E-state index is 12.1. The van der Waals surface area contributed by atoms with Gasteiger partial charge in [-0.15, -0.1) is 0 Å². The number of hydrogen-bond acceptors (Lipinski definition) is 4. The highest BCUT2D eigenvalue weighted by Crippen LogP contribution is 2.19. The lowest BCUT2D eigenvalue weighted by Gasteiger charge is -2.18. The maximum Gasteiger partial charge on any atom is 0.328 e. The summed E-state index contributed by atoms with van der Waals surface area (Å²) in [6.45, 7) is 6.51. The van der Waals surface area contributed by atoms with Gasteiger partial charge in [0.15, 0.2) is 0 Å². The summed E-state index contributed by atoms with van der Waals surface area (Å²) in [6, 6.07) is 7.09. The second-order valence-electron chi connectivity index (χ2n) is 5.81. The van der Waals surface area contributed by atoms with Gasteiger partial charge in [-0.2, -0.15) is 0 Å². The standard InChI is InChI=1S/C18H27NO4/c1-5-23-16-9-7-6-8-14(16)10-11-17(20)19-15(12-13(2)3)18(21)22-4/h6-9,13,15H,5,10-12H2,1-4H3,(H,19,20). The molecule has 0 aliphatic heterocycles. The fourth-order valence-electron chi connectivity index (χ4n) is 2.35. The SMILES string of the molecule is CCOc1ccccc1CCC(=O)NC(CC(C)C)C(=O)OC. The summed E-state index contributed by atoms with van der Waals surface area (Å²) in [5.74, 6) is 0.529. The zero-order valence-corrected chi connectivity index (χ0v) is 14.4. The summed E-state index contributed by atoms with van der Waals surface area (Å²) in [4.78, 5) is 23.9. The molecule has 0 aliphatic rings. The number of nitrogens with one attached hydrogen (secondary N) is 1. The fourth-order valence-corrected chi connectivity index (χ4v) is 2.35. The number of carbonyl (C=O) groups excluding carboxylic acids is 2. The maximum absolute atomic E-state index is 12.1. The van der Waals surface area contributed by atoms with Crippen molar-refractivity contribution in [3.8, 4) is 5.75 Å². The van der Waals surface area contributed by atoms with Crippen LogP contribution in [0.4, 0.5) is 0 Å². The predicted molar refractivity (Wildman–Crippen MR) is 89.3 cm³/mol. The first-order chi connectivity index (χ1) is 11.0. The van der Waals surface area contributed by atoms with Crippen LogP contribution in [-0.2, 0) is 20.7 Å². The van der Waals surface area contributed by atoms with Gasteiger partial charge in [0.25, 0.3) is 0 Å². The van der Waals surface area contributed by atoms with E-state index in [4.69, 9.17) is 9.47 Å². The number of aryl methyl sites for hydroxylation is 1. The summed E-state index contributed by atoms with van der Waals surface area (Å²) in [5.41, 5.74) is 0.989. The summed E-state index contributed by atoms with van der Waals surface area (Å²) >= 11 is 0. The molecule has 5 heteroatoms. The average Bonchev–Trinajstić information content (AvgIpc) is 2.52. The van der Waals surface area contributed by atoms with Gasteiger partial charge in [-0.3, -0.25) is 4.79 Å². The van der Waals surface area contributed by atoms with Crippen molar-refractivity contribution in [2.45, 2.75) is 46.1 Å². The highest BCUT2D eigenvalue weighted by atomic mass is 16.5. The normalized spacial score (nSPS) is 11.9. The van der Waals surface area contributed by atoms with Crippen molar-refractivity contribution >= 4 is 11.9 Å². The van der Waals surface area contributed by atoms with E-state index in [-0.39, 0.29) is 11.8 Å². The third-order valence-electron chi connectivity index (χ3n) is 3.42. The Bertz CT molecular complexity index is 513. The van der Waals surface area contributed by atoms with E-state index in [0.717, 1.165) is 11.3 Å². The first-order valence-corrected chi connectivity index (χ1v) is 8.05. The Morgan fingerprint density at radius 3 is 2.52 bits per heavy atom. The lowest BCUT2D eigenvalue weighted by atomic mass is 10.0. The molecule has 1 aromatic rings. The molecule has 0 heterocycles. The van der Waals surface area contributed by atoms with Gasteiger partial charge in [0, 0.05) is 6.42 Å². The minimum atomic E-state index is -0.588. The molecule has 1 N–H and O–H groups in total. The molecule has 0 fully saturated rings. The van der Waals surface area contributed by atoms with Crippen LogP contribution in [-0.4, -0.2) is 31.6 Å². The van der Waals surface area contributed by atoms with Crippen LogP contribution in [0.15, 0.2) is 24.3 Å². The second kappa shape index (κ2) is 9.87. The van der Waals surface area contributed by atoms with Crippen molar-refractivity contribution in [1.82, 2.24) is 5.32 Å². The van der Waals surface area contributed by atoms with Crippen LogP contribution in [0.3, 0.4) is 0 Å². The van der Waals surface area contributed by atoms with Gasteiger partial charge in [-0.25, -0.2) is 4.79 Å². The molecular weight excluding hydrogens is 294 g/mol. The van der Waals surface area contributed by atoms with Gasteiger partial charge < -0.3 is 14.8 Å². The first-order valence-electron chi connectivity index (χ1n) is 8.05. The number of carbonyl (C=O) groups is 2. The van der Waals surface area contributed by atoms with Crippen LogP contribution in [0.25, 0.3) is 0 Å². The molecule has 0 spiro atoms. The Morgan fingerprint density at radius 2 is 1.91 bits per heavy atom. The first kappa shape index (κ1) is 19.0. The van der Waals surface area contributed by atoms with E-state index in [1.165, 1.54) is 7.11 Å². The molecule has 1 aromatic carbocycles. The largest absolute Gasteiger partial charge is 0.494 e. The van der Waals surface area contributed by atoms with E-state index in [1.54, 1.807) is 0 Å². The number of methoxy groups -OCH3 is 1. The molecule has 1 amide bonds. The van der Waals surface area contributed by atoms with Crippen molar-refractivity contribution in [2.75, 3.05) is 13.7 Å². The highest BCUT2D eigenvalue weighted by Gasteiger charge is 2.22. The zero-order chi connectivity index (χ0) is 17.2. The van der Waals surface area contributed by atoms with Crippen molar-refractivity contribution in [2.24, 2.45) is 5.92 Å². The summed E-state index contributed by atoms with van der Waals surface area (Å²) in [5, 5.41) is 2.77. The number of ether oxygens (including phenoxy) is 2. The van der Waals surface area contributed by atoms with Gasteiger partial charge >= 0.3 is 5.97 Å². The van der Waals surface area contributed by atoms with Crippen molar-refractivity contribution in [1.29, 1.82) is 0 Å². The molecule has 0 saturated carbocycles. The van der Waals surface area contributed by atoms with Gasteiger partial charge in [0.2, 0.25) is 5.91 Å². The Balaban J connectivity index is 2.60. The van der Waals surface area contributed by atoms with Gasteiger partial charge in [0.1, 0.15) is 11.8 Å². The van der Waals surface area contributed by atoms with Gasteiger partial charge in [0.05, 0.1) is 13.7 Å². The summed E-state index contributed by atoms with van der Waals surface area (Å²) < 4.78 is 10.3. The summed E-state index contributed by atoms with van der Waals surface area (Å²) in [6.07, 6.45) is 1.43. The predicted octanol–water partition coefficient (Wildman–Crippen LogP) is 2.72. The minimum Gasteiger partial charge on any atom is -0.494 e. The molecular formula is C18H27NO4. The zero-order valence-electron chi connectivity index (χ0n) is 14.4. The topological polar surface area (TPSA) is 64.6 Å². The van der Waals surface area contributed by atoms with Crippen LogP contribution in [0, 0.1) is 5.92 Å². The van der Waals surface area contributed by atoms with E-state index in [1.807, 2.05) is 45.0 Å². The van der Waals surface area contributed by atoms with E-state index >= 15 is 0 Å². The molecule has 1 atom stereocenters. The second-order valence-corrected chi connectivity index (χ2v) is 5.81. The highest BCUT2D eigenvalue weighted by molar-refractivity contribution is 5.84. The van der Waals surface area contributed by atoms with E-state index in [0.29, 0.717) is 25.9 Å². The molecule has 5 nitrogen and oxygen atoms in total. The van der Waals surface area contributed by atoms with Crippen LogP contribution in [0.5, 0.6) is 5.75 Å². The van der Waals surface area contributed by atoms with Crippen LogP contribution < -0.4 is 10.1 Å². The fraction of sp³-hybridized carbons (Fsp3) is 0.556. The lowest BCUT2D eigenvalue weighted by molar-refractivity contribution is -0.145. The number of hydrogen-bond donors (Lipinski definition) is 1. The van der Waals surface area contributed by atoms with Crippen molar-refractivity contribution in [3.63, 3.8) is 0 Å². The van der Waals surface area contributed by atoms with Crippen LogP contribution in [0.1, 0.15) is 39.2 Å². The lowest BCUT2D eigenvalue weighted by Crippen LogP contribution is -2.42. The van der Waals surface area contributed by atoms with Gasteiger partial charge in [-0.05, 0) is 37.3 Å². The molecule has 0 aliphatic carbocycles.